The molecular weight excluding hydrogens is 392 g/mol. The van der Waals surface area contributed by atoms with Gasteiger partial charge >= 0.3 is 0 Å². The van der Waals surface area contributed by atoms with Gasteiger partial charge < -0.3 is 24.8 Å². The molecule has 0 amide bonds. The second-order valence-corrected chi connectivity index (χ2v) is 9.14. The number of aliphatic hydroxyl groups is 3. The molecule has 5 heteroatoms. The molecular formula is C26H50O5. The van der Waals surface area contributed by atoms with Gasteiger partial charge in [0, 0.05) is 6.61 Å². The minimum Gasteiger partial charge on any atom is -0.388 e. The highest BCUT2D eigenvalue weighted by atomic mass is 16.6. The van der Waals surface area contributed by atoms with Crippen LogP contribution in [0.3, 0.4) is 0 Å². The molecule has 1 rings (SSSR count). The Balaban J connectivity index is 1.78. The fourth-order valence-electron chi connectivity index (χ4n) is 4.02. The van der Waals surface area contributed by atoms with E-state index in [1.54, 1.807) is 0 Å². The van der Waals surface area contributed by atoms with Gasteiger partial charge in [-0.25, -0.2) is 0 Å². The summed E-state index contributed by atoms with van der Waals surface area (Å²) in [4.78, 5) is 0. The van der Waals surface area contributed by atoms with Gasteiger partial charge in [-0.05, 0) is 32.1 Å². The third-order valence-electron chi connectivity index (χ3n) is 6.19. The van der Waals surface area contributed by atoms with Crippen LogP contribution in [0.5, 0.6) is 0 Å². The minimum absolute atomic E-state index is 0.0379. The fourth-order valence-corrected chi connectivity index (χ4v) is 4.02. The van der Waals surface area contributed by atoms with Crippen LogP contribution in [-0.2, 0) is 9.47 Å². The fraction of sp³-hybridized carbons (Fsp3) is 0.923. The van der Waals surface area contributed by atoms with Crippen LogP contribution in [0.4, 0.5) is 0 Å². The van der Waals surface area contributed by atoms with Crippen LogP contribution in [0, 0.1) is 0 Å². The monoisotopic (exact) mass is 442 g/mol. The zero-order chi connectivity index (χ0) is 22.6. The summed E-state index contributed by atoms with van der Waals surface area (Å²) in [6.45, 7) is 3.19. The molecule has 0 saturated carbocycles. The van der Waals surface area contributed by atoms with Gasteiger partial charge in [-0.15, -0.1) is 0 Å². The zero-order valence-electron chi connectivity index (χ0n) is 20.1. The van der Waals surface area contributed by atoms with Crippen molar-refractivity contribution in [1.82, 2.24) is 0 Å². The number of hydrogen-bond donors (Lipinski definition) is 3. The molecule has 0 spiro atoms. The highest BCUT2D eigenvalue weighted by molar-refractivity contribution is 4.86. The van der Waals surface area contributed by atoms with Gasteiger partial charge in [0.05, 0.1) is 13.2 Å². The molecule has 0 unspecified atom stereocenters. The number of hydrogen-bond acceptors (Lipinski definition) is 5. The summed E-state index contributed by atoms with van der Waals surface area (Å²) >= 11 is 0. The summed E-state index contributed by atoms with van der Waals surface area (Å²) in [5, 5.41) is 28.9. The molecule has 1 saturated heterocycles. The lowest BCUT2D eigenvalue weighted by atomic mass is 10.0. The Morgan fingerprint density at radius 3 is 1.81 bits per heavy atom. The van der Waals surface area contributed by atoms with Crippen molar-refractivity contribution in [1.29, 1.82) is 0 Å². The summed E-state index contributed by atoms with van der Waals surface area (Å²) in [6, 6.07) is 0. The van der Waals surface area contributed by atoms with Crippen molar-refractivity contribution >= 4 is 0 Å². The summed E-state index contributed by atoms with van der Waals surface area (Å²) in [6.07, 6.45) is 21.9. The molecule has 1 aliphatic heterocycles. The Bertz CT molecular complexity index is 415. The van der Waals surface area contributed by atoms with Gasteiger partial charge in [0.1, 0.15) is 24.4 Å². The quantitative estimate of drug-likeness (QED) is 0.176. The van der Waals surface area contributed by atoms with Crippen molar-refractivity contribution in [2.45, 2.75) is 134 Å². The first-order chi connectivity index (χ1) is 15.2. The molecule has 31 heavy (non-hydrogen) atoms. The second kappa shape index (κ2) is 20.2. The third-order valence-corrected chi connectivity index (χ3v) is 6.19. The highest BCUT2D eigenvalue weighted by Crippen LogP contribution is 2.16. The van der Waals surface area contributed by atoms with Crippen LogP contribution < -0.4 is 0 Å². The van der Waals surface area contributed by atoms with Crippen LogP contribution in [0.15, 0.2) is 12.2 Å². The van der Waals surface area contributed by atoms with Crippen molar-refractivity contribution in [3.05, 3.63) is 12.2 Å². The molecule has 184 valence electrons. The Hall–Kier alpha value is -0.460. The van der Waals surface area contributed by atoms with Crippen molar-refractivity contribution in [3.8, 4) is 0 Å². The van der Waals surface area contributed by atoms with E-state index in [0.717, 1.165) is 19.3 Å². The molecule has 3 N–H and O–H groups in total. The molecule has 1 heterocycles. The zero-order valence-corrected chi connectivity index (χ0v) is 20.1. The smallest absolute Gasteiger partial charge is 0.111 e. The normalized spacial score (nSPS) is 24.3. The number of rotatable bonds is 20. The van der Waals surface area contributed by atoms with E-state index in [-0.39, 0.29) is 13.2 Å². The van der Waals surface area contributed by atoms with Crippen LogP contribution in [-0.4, -0.2) is 59.6 Å². The molecule has 0 radical (unpaired) electrons. The maximum Gasteiger partial charge on any atom is 0.111 e. The average Bonchev–Trinajstić information content (AvgIpc) is 2.77. The standard InChI is InChI=1S/C26H50O5/c1-2-3-4-5-6-7-8-9-10-11-12-13-14-15-16-17-18-19-20-30-22-24-26(29)25(28)23(27)21-31-24/h15-16,23-29H,2-14,17-22H2,1H3/b16-15+/t23-,24+,25+,26+/m1/s1. The van der Waals surface area contributed by atoms with E-state index in [1.807, 2.05) is 0 Å². The van der Waals surface area contributed by atoms with E-state index in [9.17, 15) is 15.3 Å². The Labute approximate surface area is 191 Å². The van der Waals surface area contributed by atoms with Gasteiger partial charge in [0.25, 0.3) is 0 Å². The van der Waals surface area contributed by atoms with Gasteiger partial charge in [-0.2, -0.15) is 0 Å². The van der Waals surface area contributed by atoms with Crippen LogP contribution >= 0.6 is 0 Å². The first kappa shape index (κ1) is 28.6. The maximum absolute atomic E-state index is 9.84. The van der Waals surface area contributed by atoms with Crippen molar-refractivity contribution in [2.75, 3.05) is 19.8 Å². The van der Waals surface area contributed by atoms with E-state index in [0.29, 0.717) is 6.61 Å². The predicted octanol–water partition coefficient (Wildman–Crippen LogP) is 5.30. The average molecular weight is 443 g/mol. The molecule has 0 aliphatic carbocycles. The van der Waals surface area contributed by atoms with Gasteiger partial charge in [-0.1, -0.05) is 89.7 Å². The summed E-state index contributed by atoms with van der Waals surface area (Å²) in [7, 11) is 0. The van der Waals surface area contributed by atoms with Crippen molar-refractivity contribution in [2.24, 2.45) is 0 Å². The molecule has 1 fully saturated rings. The molecule has 0 aromatic rings. The Morgan fingerprint density at radius 2 is 1.23 bits per heavy atom. The van der Waals surface area contributed by atoms with Gasteiger partial charge in [-0.3, -0.25) is 0 Å². The molecule has 5 nitrogen and oxygen atoms in total. The largest absolute Gasteiger partial charge is 0.388 e. The van der Waals surface area contributed by atoms with Gasteiger partial charge in [0.2, 0.25) is 0 Å². The van der Waals surface area contributed by atoms with Crippen LogP contribution in [0.25, 0.3) is 0 Å². The lowest BCUT2D eigenvalue weighted by Crippen LogP contribution is -2.54. The Kier molecular flexibility index (Phi) is 18.6. The Morgan fingerprint density at radius 1 is 0.710 bits per heavy atom. The number of unbranched alkanes of at least 4 members (excludes halogenated alkanes) is 14. The van der Waals surface area contributed by atoms with E-state index >= 15 is 0 Å². The van der Waals surface area contributed by atoms with Gasteiger partial charge in [0.15, 0.2) is 0 Å². The van der Waals surface area contributed by atoms with Crippen molar-refractivity contribution in [3.63, 3.8) is 0 Å². The SMILES string of the molecule is CCCCCCCCCCCCCC/C=C/CCCCOC[C@@H]1OC[C@@H](O)[C@H](O)[C@H]1O. The second-order valence-electron chi connectivity index (χ2n) is 9.14. The number of aliphatic hydroxyl groups excluding tert-OH is 3. The molecule has 1 aliphatic rings. The van der Waals surface area contributed by atoms with E-state index in [1.165, 1.54) is 83.5 Å². The van der Waals surface area contributed by atoms with Crippen LogP contribution in [0.1, 0.15) is 110 Å². The van der Waals surface area contributed by atoms with E-state index in [2.05, 4.69) is 19.1 Å². The lowest BCUT2D eigenvalue weighted by molar-refractivity contribution is -0.199. The van der Waals surface area contributed by atoms with E-state index < -0.39 is 24.4 Å². The topological polar surface area (TPSA) is 79.2 Å². The molecule has 0 aromatic heterocycles. The number of ether oxygens (including phenoxy) is 2. The number of allylic oxidation sites excluding steroid dienone is 2. The van der Waals surface area contributed by atoms with Crippen molar-refractivity contribution < 1.29 is 24.8 Å². The first-order valence-electron chi connectivity index (χ1n) is 13.0. The maximum atomic E-state index is 9.84. The molecule has 4 atom stereocenters. The molecule has 0 aromatic carbocycles. The van der Waals surface area contributed by atoms with Crippen LogP contribution in [0.2, 0.25) is 0 Å². The first-order valence-corrected chi connectivity index (χ1v) is 13.0. The predicted molar refractivity (Wildman–Crippen MR) is 127 cm³/mol. The summed E-state index contributed by atoms with van der Waals surface area (Å²) in [5.41, 5.74) is 0. The minimum atomic E-state index is -1.16. The summed E-state index contributed by atoms with van der Waals surface area (Å²) < 4.78 is 10.9. The van der Waals surface area contributed by atoms with E-state index in [4.69, 9.17) is 9.47 Å². The highest BCUT2D eigenvalue weighted by Gasteiger charge is 2.37. The third kappa shape index (κ3) is 15.1. The molecule has 0 bridgehead atoms. The summed E-state index contributed by atoms with van der Waals surface area (Å²) in [5.74, 6) is 0. The lowest BCUT2D eigenvalue weighted by Gasteiger charge is -2.35.